The molecule has 0 fully saturated rings. The van der Waals surface area contributed by atoms with Crippen molar-refractivity contribution in [2.24, 2.45) is 0 Å². The maximum absolute atomic E-state index is 11.7. The second-order valence-electron chi connectivity index (χ2n) is 4.82. The Morgan fingerprint density at radius 1 is 1.00 bits per heavy atom. The lowest BCUT2D eigenvalue weighted by Gasteiger charge is -2.22. The number of aliphatic hydroxyl groups is 1. The summed E-state index contributed by atoms with van der Waals surface area (Å²) in [4.78, 5) is 35.1. The van der Waals surface area contributed by atoms with E-state index < -0.39 is 29.7 Å². The molecule has 0 amide bonds. The topological polar surface area (TPSA) is 89.9 Å². The number of hydrogen-bond donors (Lipinski definition) is 1. The van der Waals surface area contributed by atoms with Crippen LogP contribution in [0.3, 0.4) is 0 Å². The number of ketones is 1. The third kappa shape index (κ3) is 6.71. The van der Waals surface area contributed by atoms with Crippen LogP contribution in [-0.2, 0) is 23.9 Å². The summed E-state index contributed by atoms with van der Waals surface area (Å²) in [7, 11) is 0. The highest BCUT2D eigenvalue weighted by Crippen LogP contribution is 2.17. The van der Waals surface area contributed by atoms with Crippen LogP contribution >= 0.6 is 0 Å². The molecule has 21 heavy (non-hydrogen) atoms. The maximum Gasteiger partial charge on any atom is 0.346 e. The van der Waals surface area contributed by atoms with Gasteiger partial charge in [-0.2, -0.15) is 0 Å². The molecule has 0 aromatic carbocycles. The predicted molar refractivity (Wildman–Crippen MR) is 76.6 cm³/mol. The first-order valence-corrected chi connectivity index (χ1v) is 7.50. The van der Waals surface area contributed by atoms with Gasteiger partial charge >= 0.3 is 11.9 Å². The first-order chi connectivity index (χ1) is 9.92. The number of hydrogen-bond acceptors (Lipinski definition) is 6. The van der Waals surface area contributed by atoms with Crippen molar-refractivity contribution < 1.29 is 29.0 Å². The molecule has 0 rings (SSSR count). The number of ether oxygens (including phenoxy) is 2. The lowest BCUT2D eigenvalue weighted by Crippen LogP contribution is -2.49. The molecule has 122 valence electrons. The van der Waals surface area contributed by atoms with E-state index in [1.165, 1.54) is 6.92 Å². The van der Waals surface area contributed by atoms with Gasteiger partial charge in [-0.05, 0) is 13.3 Å². The van der Waals surface area contributed by atoms with Crippen LogP contribution in [0, 0.1) is 0 Å². The van der Waals surface area contributed by atoms with Gasteiger partial charge in [-0.1, -0.05) is 33.1 Å². The quantitative estimate of drug-likeness (QED) is 0.355. The molecule has 0 saturated carbocycles. The van der Waals surface area contributed by atoms with E-state index in [9.17, 15) is 19.5 Å². The molecule has 0 saturated heterocycles. The van der Waals surface area contributed by atoms with Crippen LogP contribution < -0.4 is 0 Å². The van der Waals surface area contributed by atoms with Crippen LogP contribution in [0.15, 0.2) is 0 Å². The molecule has 0 bridgehead atoms. The zero-order chi connectivity index (χ0) is 16.3. The zero-order valence-corrected chi connectivity index (χ0v) is 13.1. The molecule has 1 atom stereocenters. The molecule has 0 heterocycles. The highest BCUT2D eigenvalue weighted by Gasteiger charge is 2.46. The van der Waals surface area contributed by atoms with E-state index in [0.29, 0.717) is 0 Å². The van der Waals surface area contributed by atoms with E-state index >= 15 is 0 Å². The molecule has 0 aromatic rings. The van der Waals surface area contributed by atoms with Gasteiger partial charge in [0.1, 0.15) is 0 Å². The minimum Gasteiger partial charge on any atom is -0.466 e. The van der Waals surface area contributed by atoms with Crippen molar-refractivity contribution in [3.05, 3.63) is 0 Å². The van der Waals surface area contributed by atoms with Gasteiger partial charge in [0.05, 0.1) is 19.6 Å². The average Bonchev–Trinajstić information content (AvgIpc) is 2.46. The Hall–Kier alpha value is -1.43. The Kier molecular flexibility index (Phi) is 9.62. The third-order valence-corrected chi connectivity index (χ3v) is 3.06. The van der Waals surface area contributed by atoms with Gasteiger partial charge in [0, 0.05) is 6.42 Å². The standard InChI is InChI=1S/C15H26O6/c1-4-7-8-9-10-21-13(17)11-15(19,12(16)5-2)14(18)20-6-3/h19H,4-11H2,1-3H3. The van der Waals surface area contributed by atoms with Gasteiger partial charge in [0.15, 0.2) is 5.78 Å². The monoisotopic (exact) mass is 302 g/mol. The average molecular weight is 302 g/mol. The van der Waals surface area contributed by atoms with Gasteiger partial charge in [-0.25, -0.2) is 4.79 Å². The van der Waals surface area contributed by atoms with Crippen molar-refractivity contribution in [3.8, 4) is 0 Å². The number of unbranched alkanes of at least 4 members (excludes halogenated alkanes) is 3. The highest BCUT2D eigenvalue weighted by atomic mass is 16.6. The molecular formula is C15H26O6. The molecular weight excluding hydrogens is 276 g/mol. The fraction of sp³-hybridized carbons (Fsp3) is 0.800. The second-order valence-corrected chi connectivity index (χ2v) is 4.82. The van der Waals surface area contributed by atoms with E-state index in [2.05, 4.69) is 11.7 Å². The first kappa shape index (κ1) is 19.6. The summed E-state index contributed by atoms with van der Waals surface area (Å²) < 4.78 is 9.62. The summed E-state index contributed by atoms with van der Waals surface area (Å²) in [5, 5.41) is 10.2. The normalized spacial score (nSPS) is 13.3. The Balaban J connectivity index is 4.50. The Bertz CT molecular complexity index is 352. The summed E-state index contributed by atoms with van der Waals surface area (Å²) in [6, 6.07) is 0. The van der Waals surface area contributed by atoms with Crippen LogP contribution in [0.5, 0.6) is 0 Å². The van der Waals surface area contributed by atoms with Gasteiger partial charge in [0.25, 0.3) is 0 Å². The second kappa shape index (κ2) is 10.3. The molecule has 1 N–H and O–H groups in total. The van der Waals surface area contributed by atoms with Gasteiger partial charge in [-0.15, -0.1) is 0 Å². The maximum atomic E-state index is 11.7. The Morgan fingerprint density at radius 3 is 2.19 bits per heavy atom. The molecule has 1 unspecified atom stereocenters. The van der Waals surface area contributed by atoms with E-state index in [0.717, 1.165) is 25.7 Å². The molecule has 0 aliphatic heterocycles. The predicted octanol–water partition coefficient (Wildman–Crippen LogP) is 1.77. The van der Waals surface area contributed by atoms with Crippen LogP contribution in [-0.4, -0.2) is 41.6 Å². The Morgan fingerprint density at radius 2 is 1.67 bits per heavy atom. The largest absolute Gasteiger partial charge is 0.466 e. The fourth-order valence-corrected chi connectivity index (χ4v) is 1.80. The van der Waals surface area contributed by atoms with Gasteiger partial charge in [-0.3, -0.25) is 9.59 Å². The highest BCUT2D eigenvalue weighted by molar-refractivity contribution is 6.09. The minimum absolute atomic E-state index is 0.0181. The van der Waals surface area contributed by atoms with Gasteiger partial charge < -0.3 is 14.6 Å². The van der Waals surface area contributed by atoms with Crippen molar-refractivity contribution in [2.75, 3.05) is 13.2 Å². The lowest BCUT2D eigenvalue weighted by molar-refractivity contribution is -0.176. The van der Waals surface area contributed by atoms with Crippen molar-refractivity contribution >= 4 is 17.7 Å². The molecule has 0 aliphatic rings. The Labute approximate surface area is 125 Å². The summed E-state index contributed by atoms with van der Waals surface area (Å²) in [5.74, 6) is -2.62. The number of rotatable bonds is 11. The molecule has 0 radical (unpaired) electrons. The number of esters is 2. The third-order valence-electron chi connectivity index (χ3n) is 3.06. The van der Waals surface area contributed by atoms with Crippen molar-refractivity contribution in [3.63, 3.8) is 0 Å². The van der Waals surface area contributed by atoms with E-state index in [1.807, 2.05) is 0 Å². The molecule has 0 aliphatic carbocycles. The van der Waals surface area contributed by atoms with Crippen molar-refractivity contribution in [1.82, 2.24) is 0 Å². The number of Topliss-reactive ketones (excluding diaryl/α,β-unsaturated/α-hetero) is 1. The summed E-state index contributed by atoms with van der Waals surface area (Å²) in [6.45, 7) is 5.37. The fourth-order valence-electron chi connectivity index (χ4n) is 1.80. The number of carbonyl (C=O) groups is 3. The SMILES string of the molecule is CCCCCCOC(=O)CC(O)(C(=O)CC)C(=O)OCC. The summed E-state index contributed by atoms with van der Waals surface area (Å²) in [5.41, 5.74) is -2.44. The smallest absolute Gasteiger partial charge is 0.346 e. The summed E-state index contributed by atoms with van der Waals surface area (Å²) >= 11 is 0. The summed E-state index contributed by atoms with van der Waals surface area (Å²) in [6.07, 6.45) is 3.02. The lowest BCUT2D eigenvalue weighted by atomic mass is 9.93. The van der Waals surface area contributed by atoms with Crippen molar-refractivity contribution in [2.45, 2.75) is 64.9 Å². The first-order valence-electron chi connectivity index (χ1n) is 7.50. The zero-order valence-electron chi connectivity index (χ0n) is 13.1. The van der Waals surface area contributed by atoms with Crippen LogP contribution in [0.4, 0.5) is 0 Å². The molecule has 6 nitrogen and oxygen atoms in total. The van der Waals surface area contributed by atoms with Crippen LogP contribution in [0.1, 0.15) is 59.3 Å². The minimum atomic E-state index is -2.44. The van der Waals surface area contributed by atoms with Gasteiger partial charge in [0.2, 0.25) is 5.60 Å². The molecule has 6 heteroatoms. The van der Waals surface area contributed by atoms with Crippen LogP contribution in [0.2, 0.25) is 0 Å². The molecule has 0 spiro atoms. The number of carbonyl (C=O) groups excluding carboxylic acids is 3. The van der Waals surface area contributed by atoms with E-state index in [4.69, 9.17) is 4.74 Å². The van der Waals surface area contributed by atoms with E-state index in [1.54, 1.807) is 6.92 Å². The van der Waals surface area contributed by atoms with Crippen LogP contribution in [0.25, 0.3) is 0 Å². The van der Waals surface area contributed by atoms with Crippen molar-refractivity contribution in [1.29, 1.82) is 0 Å². The molecule has 0 aromatic heterocycles. The van der Waals surface area contributed by atoms with E-state index in [-0.39, 0.29) is 19.6 Å².